The quantitative estimate of drug-likeness (QED) is 0.924. The van der Waals surface area contributed by atoms with Crippen molar-refractivity contribution in [1.29, 1.82) is 0 Å². The number of nitrogens with two attached hydrogens (primary N) is 1. The molecule has 0 saturated carbocycles. The number of halogens is 1. The summed E-state index contributed by atoms with van der Waals surface area (Å²) in [5.41, 5.74) is 5.22. The maximum absolute atomic E-state index is 12.5. The lowest BCUT2D eigenvalue weighted by molar-refractivity contribution is 0.1000. The van der Waals surface area contributed by atoms with Gasteiger partial charge in [0.25, 0.3) is 0 Å². The summed E-state index contributed by atoms with van der Waals surface area (Å²) in [6.07, 6.45) is 1.87. The predicted molar refractivity (Wildman–Crippen MR) is 77.1 cm³/mol. The number of piperidine rings is 1. The van der Waals surface area contributed by atoms with Crippen LogP contribution >= 0.6 is 11.6 Å². The zero-order valence-corrected chi connectivity index (χ0v) is 12.7. The highest BCUT2D eigenvalue weighted by molar-refractivity contribution is 7.89. The molecule has 110 valence electrons. The Labute approximate surface area is 123 Å². The van der Waals surface area contributed by atoms with Crippen LogP contribution in [0.4, 0.5) is 0 Å². The van der Waals surface area contributed by atoms with Gasteiger partial charge in [-0.1, -0.05) is 18.5 Å². The van der Waals surface area contributed by atoms with Crippen LogP contribution in [-0.2, 0) is 10.0 Å². The summed E-state index contributed by atoms with van der Waals surface area (Å²) in [5.74, 6) is -0.402. The highest BCUT2D eigenvalue weighted by Gasteiger charge is 2.29. The van der Waals surface area contributed by atoms with E-state index in [9.17, 15) is 13.2 Å². The van der Waals surface area contributed by atoms with Gasteiger partial charge in [0.15, 0.2) is 0 Å². The van der Waals surface area contributed by atoms with Gasteiger partial charge in [-0.25, -0.2) is 8.42 Å². The third-order valence-corrected chi connectivity index (χ3v) is 5.65. The standard InChI is InChI=1S/C13H17ClN2O3S/c1-9-3-2-6-16(8-9)20(18,19)10-4-5-12(14)11(7-10)13(15)17/h4-5,7,9H,2-3,6,8H2,1H3,(H2,15,17)/t9-/m0/s1. The second kappa shape index (κ2) is 5.71. The molecule has 1 saturated heterocycles. The third-order valence-electron chi connectivity index (χ3n) is 3.46. The third kappa shape index (κ3) is 2.97. The molecule has 0 unspecified atom stereocenters. The number of hydrogen-bond donors (Lipinski definition) is 1. The van der Waals surface area contributed by atoms with Crippen LogP contribution in [0.1, 0.15) is 30.1 Å². The van der Waals surface area contributed by atoms with Crippen LogP contribution < -0.4 is 5.73 Å². The predicted octanol–water partition coefficient (Wildman–Crippen LogP) is 1.86. The lowest BCUT2D eigenvalue weighted by Crippen LogP contribution is -2.39. The summed E-state index contributed by atoms with van der Waals surface area (Å²) < 4.78 is 26.6. The van der Waals surface area contributed by atoms with Gasteiger partial charge in [-0.2, -0.15) is 4.31 Å². The summed E-state index contributed by atoms with van der Waals surface area (Å²) in [4.78, 5) is 11.3. The average Bonchev–Trinajstić information content (AvgIpc) is 2.38. The second-order valence-corrected chi connectivity index (χ2v) is 7.46. The molecule has 5 nitrogen and oxygen atoms in total. The molecular formula is C13H17ClN2O3S. The summed E-state index contributed by atoms with van der Waals surface area (Å²) >= 11 is 5.84. The van der Waals surface area contributed by atoms with E-state index in [1.54, 1.807) is 0 Å². The fraction of sp³-hybridized carbons (Fsp3) is 0.462. The normalized spacial score (nSPS) is 20.8. The van der Waals surface area contributed by atoms with Crippen molar-refractivity contribution in [3.8, 4) is 0 Å². The molecule has 1 aliphatic heterocycles. The number of hydrogen-bond acceptors (Lipinski definition) is 3. The van der Waals surface area contributed by atoms with E-state index in [-0.39, 0.29) is 15.5 Å². The SMILES string of the molecule is C[C@H]1CCCN(S(=O)(=O)c2ccc(Cl)c(C(N)=O)c2)C1. The second-order valence-electron chi connectivity index (χ2n) is 5.12. The van der Waals surface area contributed by atoms with Crippen molar-refractivity contribution >= 4 is 27.5 Å². The molecule has 2 rings (SSSR count). The van der Waals surface area contributed by atoms with E-state index in [0.29, 0.717) is 19.0 Å². The summed E-state index contributed by atoms with van der Waals surface area (Å²) in [5, 5.41) is 0.156. The first-order chi connectivity index (χ1) is 9.32. The first-order valence-corrected chi connectivity index (χ1v) is 8.23. The van der Waals surface area contributed by atoms with Crippen molar-refractivity contribution in [1.82, 2.24) is 4.31 Å². The van der Waals surface area contributed by atoms with Crippen molar-refractivity contribution in [2.75, 3.05) is 13.1 Å². The Morgan fingerprint density at radius 2 is 2.15 bits per heavy atom. The van der Waals surface area contributed by atoms with E-state index < -0.39 is 15.9 Å². The molecule has 1 amide bonds. The van der Waals surface area contributed by atoms with Crippen molar-refractivity contribution < 1.29 is 13.2 Å². The van der Waals surface area contributed by atoms with Crippen LogP contribution in [0, 0.1) is 5.92 Å². The molecule has 0 aliphatic carbocycles. The minimum absolute atomic E-state index is 0.0257. The Bertz CT molecular complexity index is 631. The minimum atomic E-state index is -3.60. The molecule has 1 aliphatic rings. The van der Waals surface area contributed by atoms with Crippen molar-refractivity contribution in [2.24, 2.45) is 11.7 Å². The van der Waals surface area contributed by atoms with Crippen LogP contribution in [0.25, 0.3) is 0 Å². The molecule has 1 aromatic rings. The molecule has 20 heavy (non-hydrogen) atoms. The first kappa shape index (κ1) is 15.3. The lowest BCUT2D eigenvalue weighted by Gasteiger charge is -2.30. The van der Waals surface area contributed by atoms with E-state index >= 15 is 0 Å². The van der Waals surface area contributed by atoms with Crippen molar-refractivity contribution in [3.05, 3.63) is 28.8 Å². The largest absolute Gasteiger partial charge is 0.366 e. The molecule has 0 spiro atoms. The number of rotatable bonds is 3. The fourth-order valence-electron chi connectivity index (χ4n) is 2.37. The molecule has 1 atom stereocenters. The zero-order valence-electron chi connectivity index (χ0n) is 11.2. The van der Waals surface area contributed by atoms with E-state index in [1.165, 1.54) is 22.5 Å². The van der Waals surface area contributed by atoms with E-state index in [0.717, 1.165) is 12.8 Å². The molecule has 1 fully saturated rings. The molecule has 1 aromatic carbocycles. The van der Waals surface area contributed by atoms with Gasteiger partial charge in [-0.3, -0.25) is 4.79 Å². The summed E-state index contributed by atoms with van der Waals surface area (Å²) in [6, 6.07) is 4.05. The maximum Gasteiger partial charge on any atom is 0.250 e. The summed E-state index contributed by atoms with van der Waals surface area (Å²) in [6.45, 7) is 3.02. The van der Waals surface area contributed by atoms with Gasteiger partial charge >= 0.3 is 0 Å². The Morgan fingerprint density at radius 3 is 2.75 bits per heavy atom. The van der Waals surface area contributed by atoms with Crippen LogP contribution in [-0.4, -0.2) is 31.7 Å². The zero-order chi connectivity index (χ0) is 14.9. The Hall–Kier alpha value is -1.11. The van der Waals surface area contributed by atoms with E-state index in [4.69, 9.17) is 17.3 Å². The minimum Gasteiger partial charge on any atom is -0.366 e. The number of nitrogens with zero attached hydrogens (tertiary/aromatic N) is 1. The Balaban J connectivity index is 2.39. The van der Waals surface area contributed by atoms with Crippen molar-refractivity contribution in [3.63, 3.8) is 0 Å². The number of amides is 1. The molecular weight excluding hydrogens is 300 g/mol. The molecule has 2 N–H and O–H groups in total. The fourth-order valence-corrected chi connectivity index (χ4v) is 4.20. The van der Waals surface area contributed by atoms with E-state index in [2.05, 4.69) is 0 Å². The van der Waals surface area contributed by atoms with Crippen molar-refractivity contribution in [2.45, 2.75) is 24.7 Å². The van der Waals surface area contributed by atoms with Gasteiger partial charge in [0.1, 0.15) is 0 Å². The maximum atomic E-state index is 12.5. The number of benzene rings is 1. The number of sulfonamides is 1. The molecule has 1 heterocycles. The molecule has 0 aromatic heterocycles. The molecule has 0 radical (unpaired) electrons. The Kier molecular flexibility index (Phi) is 4.36. The van der Waals surface area contributed by atoms with Crippen LogP contribution in [0.3, 0.4) is 0 Å². The van der Waals surface area contributed by atoms with Crippen LogP contribution in [0.15, 0.2) is 23.1 Å². The van der Waals surface area contributed by atoms with Gasteiger partial charge < -0.3 is 5.73 Å². The average molecular weight is 317 g/mol. The lowest BCUT2D eigenvalue weighted by atomic mass is 10.0. The number of carbonyl (C=O) groups is 1. The van der Waals surface area contributed by atoms with E-state index in [1.807, 2.05) is 6.92 Å². The number of primary amides is 1. The number of carbonyl (C=O) groups excluding carboxylic acids is 1. The topological polar surface area (TPSA) is 80.5 Å². The van der Waals surface area contributed by atoms with Gasteiger partial charge in [0, 0.05) is 13.1 Å². The monoisotopic (exact) mass is 316 g/mol. The molecule has 0 bridgehead atoms. The molecule has 7 heteroatoms. The Morgan fingerprint density at radius 1 is 1.45 bits per heavy atom. The highest BCUT2D eigenvalue weighted by atomic mass is 35.5. The smallest absolute Gasteiger partial charge is 0.250 e. The van der Waals surface area contributed by atoms with Crippen LogP contribution in [0.5, 0.6) is 0 Å². The van der Waals surface area contributed by atoms with Gasteiger partial charge in [0.05, 0.1) is 15.5 Å². The van der Waals surface area contributed by atoms with Gasteiger partial charge in [-0.05, 0) is 37.0 Å². The van der Waals surface area contributed by atoms with Gasteiger partial charge in [-0.15, -0.1) is 0 Å². The summed E-state index contributed by atoms with van der Waals surface area (Å²) in [7, 11) is -3.60. The van der Waals surface area contributed by atoms with Gasteiger partial charge in [0.2, 0.25) is 15.9 Å². The first-order valence-electron chi connectivity index (χ1n) is 6.42. The highest BCUT2D eigenvalue weighted by Crippen LogP contribution is 2.26. The van der Waals surface area contributed by atoms with Crippen LogP contribution in [0.2, 0.25) is 5.02 Å².